The van der Waals surface area contributed by atoms with Gasteiger partial charge in [-0.15, -0.1) is 0 Å². The maximum absolute atomic E-state index is 12.0. The fraction of sp³-hybridized carbons (Fsp3) is 0.100. The minimum Gasteiger partial charge on any atom is -0.455 e. The summed E-state index contributed by atoms with van der Waals surface area (Å²) in [6, 6.07) is 18.9. The Morgan fingerprint density at radius 3 is 2.43 bits per heavy atom. The Kier molecular flexibility index (Phi) is 5.72. The lowest BCUT2D eigenvalue weighted by atomic mass is 10.1. The number of hydrogen-bond acceptors (Lipinski definition) is 5. The maximum Gasteiger partial charge on any atom is 0.310 e. The van der Waals surface area contributed by atoms with Gasteiger partial charge in [0.05, 0.1) is 11.3 Å². The van der Waals surface area contributed by atoms with E-state index in [2.05, 4.69) is 5.32 Å². The third-order valence-electron chi connectivity index (χ3n) is 3.97. The number of esters is 1. The van der Waals surface area contributed by atoms with Crippen molar-refractivity contribution in [2.24, 2.45) is 5.14 Å². The van der Waals surface area contributed by atoms with Crippen LogP contribution in [0.5, 0.6) is 0 Å². The second-order valence-electron chi connectivity index (χ2n) is 6.14. The first-order valence-corrected chi connectivity index (χ1v) is 9.92. The van der Waals surface area contributed by atoms with Crippen molar-refractivity contribution in [3.63, 3.8) is 0 Å². The molecule has 3 aromatic rings. The van der Waals surface area contributed by atoms with Crippen LogP contribution in [-0.4, -0.2) is 26.9 Å². The molecule has 3 N–H and O–H groups in total. The van der Waals surface area contributed by atoms with Crippen LogP contribution in [0.15, 0.2) is 71.6 Å². The van der Waals surface area contributed by atoms with E-state index in [1.807, 2.05) is 42.5 Å². The number of nitrogens with two attached hydrogens (primary N) is 1. The normalized spacial score (nSPS) is 11.2. The van der Waals surface area contributed by atoms with Gasteiger partial charge in [0.25, 0.3) is 5.91 Å². The number of rotatable bonds is 6. The molecule has 0 unspecified atom stereocenters. The lowest BCUT2D eigenvalue weighted by Crippen LogP contribution is -2.22. The van der Waals surface area contributed by atoms with Gasteiger partial charge in [-0.1, -0.05) is 48.5 Å². The zero-order valence-electron chi connectivity index (χ0n) is 14.8. The molecule has 0 spiro atoms. The molecule has 0 saturated heterocycles. The van der Waals surface area contributed by atoms with Crippen LogP contribution < -0.4 is 10.5 Å². The van der Waals surface area contributed by atoms with Crippen LogP contribution in [0.3, 0.4) is 0 Å². The highest BCUT2D eigenvalue weighted by Gasteiger charge is 2.12. The van der Waals surface area contributed by atoms with Gasteiger partial charge in [-0.3, -0.25) is 9.59 Å². The molecule has 0 aromatic heterocycles. The highest BCUT2D eigenvalue weighted by molar-refractivity contribution is 7.89. The van der Waals surface area contributed by atoms with E-state index in [9.17, 15) is 18.0 Å². The highest BCUT2D eigenvalue weighted by Crippen LogP contribution is 2.16. The predicted molar refractivity (Wildman–Crippen MR) is 105 cm³/mol. The SMILES string of the molecule is NS(=O)(=O)c1cccc(NC(=O)COC(=O)Cc2ccc3ccccc3c2)c1. The van der Waals surface area contributed by atoms with Crippen LogP contribution in [0, 0.1) is 0 Å². The molecule has 0 fully saturated rings. The number of sulfonamides is 1. The third kappa shape index (κ3) is 5.15. The molecule has 0 aliphatic heterocycles. The second kappa shape index (κ2) is 8.20. The number of nitrogens with one attached hydrogen (secondary N) is 1. The molecule has 0 radical (unpaired) electrons. The molecule has 0 bridgehead atoms. The largest absolute Gasteiger partial charge is 0.455 e. The molecule has 0 heterocycles. The Labute approximate surface area is 162 Å². The topological polar surface area (TPSA) is 116 Å². The molecule has 0 saturated carbocycles. The summed E-state index contributed by atoms with van der Waals surface area (Å²) in [5.41, 5.74) is 1.02. The van der Waals surface area contributed by atoms with Gasteiger partial charge in [0.2, 0.25) is 10.0 Å². The number of fused-ring (bicyclic) bond motifs is 1. The van der Waals surface area contributed by atoms with Gasteiger partial charge in [-0.25, -0.2) is 13.6 Å². The lowest BCUT2D eigenvalue weighted by Gasteiger charge is -2.08. The number of anilines is 1. The summed E-state index contributed by atoms with van der Waals surface area (Å²) in [6.45, 7) is -0.480. The Morgan fingerprint density at radius 2 is 1.68 bits per heavy atom. The average Bonchev–Trinajstić information content (AvgIpc) is 2.66. The minimum atomic E-state index is -3.87. The van der Waals surface area contributed by atoms with Crippen molar-refractivity contribution >= 4 is 38.4 Å². The molecular formula is C20H18N2O5S. The summed E-state index contributed by atoms with van der Waals surface area (Å²) in [7, 11) is -3.87. The number of carbonyl (C=O) groups is 2. The summed E-state index contributed by atoms with van der Waals surface area (Å²) < 4.78 is 27.7. The Hall–Kier alpha value is -3.23. The molecule has 144 valence electrons. The maximum atomic E-state index is 12.0. The van der Waals surface area contributed by atoms with Crippen molar-refractivity contribution in [2.75, 3.05) is 11.9 Å². The first-order valence-electron chi connectivity index (χ1n) is 8.37. The van der Waals surface area contributed by atoms with E-state index in [0.29, 0.717) is 0 Å². The van der Waals surface area contributed by atoms with Gasteiger partial charge >= 0.3 is 5.97 Å². The van der Waals surface area contributed by atoms with Crippen LogP contribution in [-0.2, 0) is 30.8 Å². The number of primary sulfonamides is 1. The predicted octanol–water partition coefficient (Wildman–Crippen LogP) is 2.21. The van der Waals surface area contributed by atoms with Gasteiger partial charge in [0.1, 0.15) is 0 Å². The highest BCUT2D eigenvalue weighted by atomic mass is 32.2. The Morgan fingerprint density at radius 1 is 0.929 bits per heavy atom. The summed E-state index contributed by atoms with van der Waals surface area (Å²) in [5.74, 6) is -1.12. The van der Waals surface area contributed by atoms with Gasteiger partial charge in [0.15, 0.2) is 6.61 Å². The number of hydrogen-bond donors (Lipinski definition) is 2. The van der Waals surface area contributed by atoms with Crippen molar-refractivity contribution in [1.82, 2.24) is 0 Å². The van der Waals surface area contributed by atoms with Crippen molar-refractivity contribution in [2.45, 2.75) is 11.3 Å². The van der Waals surface area contributed by atoms with Gasteiger partial charge in [0, 0.05) is 5.69 Å². The molecule has 0 aliphatic rings. The number of amides is 1. The van der Waals surface area contributed by atoms with E-state index in [1.165, 1.54) is 24.3 Å². The molecule has 8 heteroatoms. The monoisotopic (exact) mass is 398 g/mol. The number of carbonyl (C=O) groups excluding carboxylic acids is 2. The quantitative estimate of drug-likeness (QED) is 0.618. The first-order chi connectivity index (χ1) is 13.3. The Balaban J connectivity index is 1.54. The number of benzene rings is 3. The van der Waals surface area contributed by atoms with E-state index >= 15 is 0 Å². The van der Waals surface area contributed by atoms with Crippen LogP contribution in [0.1, 0.15) is 5.56 Å². The van der Waals surface area contributed by atoms with Crippen molar-refractivity contribution < 1.29 is 22.7 Å². The molecule has 3 rings (SSSR count). The minimum absolute atomic E-state index is 0.0407. The van der Waals surface area contributed by atoms with Crippen LogP contribution in [0.2, 0.25) is 0 Å². The molecule has 3 aromatic carbocycles. The Bertz CT molecular complexity index is 1140. The molecule has 7 nitrogen and oxygen atoms in total. The summed E-state index contributed by atoms with van der Waals surface area (Å²) in [4.78, 5) is 23.8. The molecule has 0 atom stereocenters. The van der Waals surface area contributed by atoms with Crippen molar-refractivity contribution in [1.29, 1.82) is 0 Å². The molecule has 1 amide bonds. The van der Waals surface area contributed by atoms with E-state index in [1.54, 1.807) is 0 Å². The molecular weight excluding hydrogens is 380 g/mol. The van der Waals surface area contributed by atoms with Crippen molar-refractivity contribution in [3.05, 3.63) is 72.3 Å². The van der Waals surface area contributed by atoms with Crippen molar-refractivity contribution in [3.8, 4) is 0 Å². The van der Waals surface area contributed by atoms with E-state index in [-0.39, 0.29) is 17.0 Å². The summed E-state index contributed by atoms with van der Waals surface area (Å²) >= 11 is 0. The van der Waals surface area contributed by atoms with E-state index in [0.717, 1.165) is 16.3 Å². The molecule has 28 heavy (non-hydrogen) atoms. The van der Waals surface area contributed by atoms with Gasteiger partial charge in [-0.2, -0.15) is 0 Å². The second-order valence-corrected chi connectivity index (χ2v) is 7.70. The molecule has 0 aliphatic carbocycles. The van der Waals surface area contributed by atoms with Crippen LogP contribution in [0.4, 0.5) is 5.69 Å². The fourth-order valence-corrected chi connectivity index (χ4v) is 3.22. The smallest absolute Gasteiger partial charge is 0.310 e. The number of ether oxygens (including phenoxy) is 1. The summed E-state index contributed by atoms with van der Waals surface area (Å²) in [5, 5.41) is 9.60. The van der Waals surface area contributed by atoms with E-state index in [4.69, 9.17) is 9.88 Å². The van der Waals surface area contributed by atoms with Crippen LogP contribution >= 0.6 is 0 Å². The average molecular weight is 398 g/mol. The lowest BCUT2D eigenvalue weighted by molar-refractivity contribution is -0.146. The zero-order chi connectivity index (χ0) is 20.1. The zero-order valence-corrected chi connectivity index (χ0v) is 15.6. The third-order valence-corrected chi connectivity index (χ3v) is 4.88. The van der Waals surface area contributed by atoms with Gasteiger partial charge in [-0.05, 0) is 34.5 Å². The standard InChI is InChI=1S/C20H18N2O5S/c21-28(25,26)18-7-3-6-17(12-18)22-19(23)13-27-20(24)11-14-8-9-15-4-1-2-5-16(15)10-14/h1-10,12H,11,13H2,(H,22,23)(H2,21,25,26). The fourth-order valence-electron chi connectivity index (χ4n) is 2.66. The van der Waals surface area contributed by atoms with E-state index < -0.39 is 28.5 Å². The van der Waals surface area contributed by atoms with Crippen LogP contribution in [0.25, 0.3) is 10.8 Å². The summed E-state index contributed by atoms with van der Waals surface area (Å²) in [6.07, 6.45) is 0.0407. The first kappa shape index (κ1) is 19.5. The van der Waals surface area contributed by atoms with Gasteiger partial charge < -0.3 is 10.1 Å².